The number of carbonyl (C=O) groups excluding carboxylic acids is 1. The summed E-state index contributed by atoms with van der Waals surface area (Å²) in [6.07, 6.45) is 1.53. The van der Waals surface area contributed by atoms with E-state index in [2.05, 4.69) is 20.6 Å². The molecule has 6 heteroatoms. The Bertz CT molecular complexity index is 863. The number of aromatic hydroxyl groups is 1. The van der Waals surface area contributed by atoms with Crippen molar-refractivity contribution in [3.05, 3.63) is 72.1 Å². The average molecular weight is 320 g/mol. The van der Waals surface area contributed by atoms with E-state index in [1.807, 2.05) is 31.2 Å². The van der Waals surface area contributed by atoms with Gasteiger partial charge in [0, 0.05) is 17.6 Å². The summed E-state index contributed by atoms with van der Waals surface area (Å²) in [7, 11) is 0. The molecule has 3 aromatic rings. The zero-order valence-corrected chi connectivity index (χ0v) is 13.0. The second kappa shape index (κ2) is 6.78. The third-order valence-electron chi connectivity index (χ3n) is 3.40. The number of benzene rings is 2. The summed E-state index contributed by atoms with van der Waals surface area (Å²) in [5.41, 5.74) is 2.76. The van der Waals surface area contributed by atoms with Crippen molar-refractivity contribution in [2.24, 2.45) is 0 Å². The van der Waals surface area contributed by atoms with Crippen molar-refractivity contribution < 1.29 is 9.90 Å². The number of para-hydroxylation sites is 1. The van der Waals surface area contributed by atoms with Crippen molar-refractivity contribution >= 4 is 23.2 Å². The summed E-state index contributed by atoms with van der Waals surface area (Å²) in [6.45, 7) is 1.98. The van der Waals surface area contributed by atoms with E-state index in [0.717, 1.165) is 11.3 Å². The summed E-state index contributed by atoms with van der Waals surface area (Å²) in [5, 5.41) is 15.1. The van der Waals surface area contributed by atoms with E-state index < -0.39 is 0 Å². The number of anilines is 3. The maximum Gasteiger partial charge on any atom is 0.274 e. The Morgan fingerprint density at radius 2 is 1.79 bits per heavy atom. The van der Waals surface area contributed by atoms with Crippen molar-refractivity contribution in [3.63, 3.8) is 0 Å². The largest absolute Gasteiger partial charge is 0.508 e. The molecule has 120 valence electrons. The molecule has 0 spiro atoms. The van der Waals surface area contributed by atoms with E-state index in [1.54, 1.807) is 18.2 Å². The summed E-state index contributed by atoms with van der Waals surface area (Å²) in [6, 6.07) is 15.5. The molecule has 6 nitrogen and oxygen atoms in total. The van der Waals surface area contributed by atoms with Crippen molar-refractivity contribution in [2.75, 3.05) is 10.6 Å². The number of hydrogen-bond acceptors (Lipinski definition) is 5. The van der Waals surface area contributed by atoms with Gasteiger partial charge in [-0.15, -0.1) is 0 Å². The van der Waals surface area contributed by atoms with Crippen molar-refractivity contribution in [2.45, 2.75) is 6.92 Å². The van der Waals surface area contributed by atoms with Crippen LogP contribution in [0.2, 0.25) is 0 Å². The maximum atomic E-state index is 12.3. The Hall–Kier alpha value is -3.41. The van der Waals surface area contributed by atoms with Crippen molar-refractivity contribution in [3.8, 4) is 5.75 Å². The molecule has 0 fully saturated rings. The summed E-state index contributed by atoms with van der Waals surface area (Å²) < 4.78 is 0. The monoisotopic (exact) mass is 320 g/mol. The molecule has 2 aromatic carbocycles. The lowest BCUT2D eigenvalue weighted by Gasteiger charge is -2.09. The van der Waals surface area contributed by atoms with Gasteiger partial charge in [0.15, 0.2) is 0 Å². The highest BCUT2D eigenvalue weighted by atomic mass is 16.3. The molecule has 0 aliphatic heterocycles. The van der Waals surface area contributed by atoms with Crippen LogP contribution in [0.25, 0.3) is 0 Å². The first-order chi connectivity index (χ1) is 11.6. The van der Waals surface area contributed by atoms with Crippen molar-refractivity contribution in [1.29, 1.82) is 0 Å². The first kappa shape index (κ1) is 15.5. The molecule has 0 aliphatic carbocycles. The Kier molecular flexibility index (Phi) is 4.38. The lowest BCUT2D eigenvalue weighted by Crippen LogP contribution is -2.14. The molecule has 3 N–H and O–H groups in total. The fourth-order valence-electron chi connectivity index (χ4n) is 2.12. The number of aromatic nitrogens is 2. The van der Waals surface area contributed by atoms with Gasteiger partial charge < -0.3 is 15.7 Å². The molecule has 1 heterocycles. The predicted octanol–water partition coefficient (Wildman–Crippen LogP) is 3.49. The first-order valence-corrected chi connectivity index (χ1v) is 7.38. The number of rotatable bonds is 4. The number of nitrogens with zero attached hydrogens (tertiary/aromatic N) is 2. The predicted molar refractivity (Wildman–Crippen MR) is 92.6 cm³/mol. The lowest BCUT2D eigenvalue weighted by atomic mass is 10.2. The first-order valence-electron chi connectivity index (χ1n) is 7.38. The fraction of sp³-hybridized carbons (Fsp3) is 0.0556. The zero-order chi connectivity index (χ0) is 16.9. The molecule has 0 saturated carbocycles. The summed E-state index contributed by atoms with van der Waals surface area (Å²) in [4.78, 5) is 20.7. The van der Waals surface area contributed by atoms with Gasteiger partial charge in [0.05, 0.1) is 0 Å². The smallest absolute Gasteiger partial charge is 0.274 e. The van der Waals surface area contributed by atoms with Gasteiger partial charge in [0.2, 0.25) is 5.95 Å². The second-order valence-electron chi connectivity index (χ2n) is 5.21. The van der Waals surface area contributed by atoms with Crippen LogP contribution in [0.5, 0.6) is 5.75 Å². The third-order valence-corrected chi connectivity index (χ3v) is 3.40. The number of aryl methyl sites for hydroxylation is 1. The SMILES string of the molecule is Cc1ccccc1Nc1nccc(C(=O)Nc2ccc(O)cc2)n1. The van der Waals surface area contributed by atoms with Gasteiger partial charge >= 0.3 is 0 Å². The minimum Gasteiger partial charge on any atom is -0.508 e. The molecular formula is C18H16N4O2. The van der Waals surface area contributed by atoms with Gasteiger partial charge in [-0.3, -0.25) is 4.79 Å². The highest BCUT2D eigenvalue weighted by molar-refractivity contribution is 6.03. The minimum atomic E-state index is -0.351. The molecule has 3 rings (SSSR count). The highest BCUT2D eigenvalue weighted by Crippen LogP contribution is 2.18. The fourth-order valence-corrected chi connectivity index (χ4v) is 2.12. The van der Waals surface area contributed by atoms with E-state index in [4.69, 9.17) is 0 Å². The molecule has 0 unspecified atom stereocenters. The number of phenolic OH excluding ortho intramolecular Hbond substituents is 1. The lowest BCUT2D eigenvalue weighted by molar-refractivity contribution is 0.102. The highest BCUT2D eigenvalue weighted by Gasteiger charge is 2.10. The molecule has 24 heavy (non-hydrogen) atoms. The Balaban J connectivity index is 1.76. The number of hydrogen-bond donors (Lipinski definition) is 3. The van der Waals surface area contributed by atoms with Crippen LogP contribution >= 0.6 is 0 Å². The van der Waals surface area contributed by atoms with E-state index in [9.17, 15) is 9.90 Å². The van der Waals surface area contributed by atoms with Gasteiger partial charge in [-0.25, -0.2) is 9.97 Å². The molecule has 0 bridgehead atoms. The number of nitrogens with one attached hydrogen (secondary N) is 2. The maximum absolute atomic E-state index is 12.3. The molecule has 0 radical (unpaired) electrons. The van der Waals surface area contributed by atoms with E-state index in [0.29, 0.717) is 11.6 Å². The number of carbonyl (C=O) groups is 1. The van der Waals surface area contributed by atoms with Crippen LogP contribution in [0.4, 0.5) is 17.3 Å². The van der Waals surface area contributed by atoms with Crippen molar-refractivity contribution in [1.82, 2.24) is 9.97 Å². The Morgan fingerprint density at radius 1 is 1.04 bits per heavy atom. The van der Waals surface area contributed by atoms with Crippen LogP contribution in [0.15, 0.2) is 60.8 Å². The van der Waals surface area contributed by atoms with E-state index >= 15 is 0 Å². The number of phenols is 1. The van der Waals surface area contributed by atoms with Gasteiger partial charge in [0.1, 0.15) is 11.4 Å². The summed E-state index contributed by atoms with van der Waals surface area (Å²) in [5.74, 6) is 0.137. The third kappa shape index (κ3) is 3.67. The number of amides is 1. The topological polar surface area (TPSA) is 87.1 Å². The van der Waals surface area contributed by atoms with Crippen LogP contribution in [-0.4, -0.2) is 21.0 Å². The van der Waals surface area contributed by atoms with Gasteiger partial charge in [-0.05, 0) is 48.9 Å². The van der Waals surface area contributed by atoms with Gasteiger partial charge in [-0.1, -0.05) is 18.2 Å². The van der Waals surface area contributed by atoms with Crippen LogP contribution in [-0.2, 0) is 0 Å². The van der Waals surface area contributed by atoms with E-state index in [-0.39, 0.29) is 17.4 Å². The Morgan fingerprint density at radius 3 is 2.54 bits per heavy atom. The van der Waals surface area contributed by atoms with Gasteiger partial charge in [-0.2, -0.15) is 0 Å². The minimum absolute atomic E-state index is 0.139. The standard InChI is InChI=1S/C18H16N4O2/c1-12-4-2-3-5-15(12)21-18-19-11-10-16(22-18)17(24)20-13-6-8-14(23)9-7-13/h2-11,23H,1H3,(H,20,24)(H,19,21,22). The van der Waals surface area contributed by atoms with Crippen LogP contribution in [0.3, 0.4) is 0 Å². The molecule has 1 aromatic heterocycles. The Labute approximate surface area is 139 Å². The van der Waals surface area contributed by atoms with E-state index in [1.165, 1.54) is 18.3 Å². The quantitative estimate of drug-likeness (QED) is 0.641. The molecule has 0 saturated heterocycles. The molecule has 0 atom stereocenters. The second-order valence-corrected chi connectivity index (χ2v) is 5.21. The summed E-state index contributed by atoms with van der Waals surface area (Å²) >= 11 is 0. The van der Waals surface area contributed by atoms with Crippen LogP contribution < -0.4 is 10.6 Å². The molecule has 1 amide bonds. The molecular weight excluding hydrogens is 304 g/mol. The molecule has 0 aliphatic rings. The van der Waals surface area contributed by atoms with Gasteiger partial charge in [0.25, 0.3) is 5.91 Å². The zero-order valence-electron chi connectivity index (χ0n) is 13.0. The van der Waals surface area contributed by atoms with Crippen LogP contribution in [0.1, 0.15) is 16.1 Å². The average Bonchev–Trinajstić information content (AvgIpc) is 2.59. The van der Waals surface area contributed by atoms with Crippen LogP contribution in [0, 0.1) is 6.92 Å². The normalized spacial score (nSPS) is 10.2.